The molecule has 0 spiro atoms. The first-order chi connectivity index (χ1) is 16.9. The number of benzene rings is 2. The largest absolute Gasteiger partial charge is 0.493 e. The average Bonchev–Trinajstić information content (AvgIpc) is 3.35. The summed E-state index contributed by atoms with van der Waals surface area (Å²) < 4.78 is 16.2. The topological polar surface area (TPSA) is 80.9 Å². The van der Waals surface area contributed by atoms with E-state index >= 15 is 0 Å². The van der Waals surface area contributed by atoms with Crippen LogP contribution in [0.3, 0.4) is 0 Å². The molecule has 1 aliphatic heterocycles. The number of amides is 1. The summed E-state index contributed by atoms with van der Waals surface area (Å²) in [5, 5.41) is 4.13. The molecule has 3 aromatic rings. The number of ether oxygens (including phenoxy) is 2. The number of methoxy groups -OCH3 is 2. The zero-order valence-electron chi connectivity index (χ0n) is 21.2. The second kappa shape index (κ2) is 10.8. The Labute approximate surface area is 206 Å². The van der Waals surface area contributed by atoms with Crippen LogP contribution in [0.4, 0.5) is 5.69 Å². The molecule has 2 aromatic carbocycles. The third-order valence-corrected chi connectivity index (χ3v) is 6.49. The number of aryl methyl sites for hydroxylation is 1. The summed E-state index contributed by atoms with van der Waals surface area (Å²) in [5.74, 6) is 2.13. The lowest BCUT2D eigenvalue weighted by atomic mass is 9.95. The molecule has 0 radical (unpaired) electrons. The van der Waals surface area contributed by atoms with E-state index in [1.54, 1.807) is 26.4 Å². The molecule has 1 aromatic heterocycles. The maximum Gasteiger partial charge on any atom is 0.246 e. The molecular weight excluding hydrogens is 444 g/mol. The zero-order valence-corrected chi connectivity index (χ0v) is 21.2. The van der Waals surface area contributed by atoms with Crippen LogP contribution in [0, 0.1) is 12.8 Å². The van der Waals surface area contributed by atoms with Crippen LogP contribution in [-0.2, 0) is 11.3 Å². The molecule has 1 amide bonds. The minimum atomic E-state index is -0.0688. The number of hydrogen-bond donors (Lipinski definition) is 0. The molecule has 0 saturated carbocycles. The first kappa shape index (κ1) is 24.6. The van der Waals surface area contributed by atoms with E-state index in [0.29, 0.717) is 29.8 Å². The Morgan fingerprint density at radius 3 is 2.57 bits per heavy atom. The highest BCUT2D eigenvalue weighted by Gasteiger charge is 2.31. The smallest absolute Gasteiger partial charge is 0.246 e. The molecule has 1 aliphatic rings. The third-order valence-electron chi connectivity index (χ3n) is 6.49. The molecule has 186 valence electrons. The molecule has 0 N–H and O–H groups in total. The first-order valence-electron chi connectivity index (χ1n) is 12.1. The van der Waals surface area contributed by atoms with Crippen LogP contribution < -0.4 is 14.4 Å². The van der Waals surface area contributed by atoms with E-state index in [4.69, 9.17) is 14.0 Å². The summed E-state index contributed by atoms with van der Waals surface area (Å²) >= 11 is 0. The van der Waals surface area contributed by atoms with E-state index in [2.05, 4.69) is 46.2 Å². The van der Waals surface area contributed by atoms with Gasteiger partial charge in [-0.2, -0.15) is 4.98 Å². The standard InChI is InChI=1S/C27H34N4O4/c1-18(2)31(27(32)21-7-6-14-30(16-21)22-11-8-19(3)9-12-22)17-25-28-26(29-35-25)20-10-13-23(33-4)24(15-20)34-5/h8-13,15,18,21H,6-7,14,16-17H2,1-5H3/t21-/m0/s1. The van der Waals surface area contributed by atoms with Gasteiger partial charge in [0.2, 0.25) is 17.6 Å². The van der Waals surface area contributed by atoms with Crippen molar-refractivity contribution >= 4 is 11.6 Å². The summed E-state index contributed by atoms with van der Waals surface area (Å²) in [4.78, 5) is 22.3. The van der Waals surface area contributed by atoms with Crippen molar-refractivity contribution in [1.82, 2.24) is 15.0 Å². The maximum atomic E-state index is 13.6. The van der Waals surface area contributed by atoms with Gasteiger partial charge in [-0.3, -0.25) is 4.79 Å². The number of rotatable bonds is 8. The van der Waals surface area contributed by atoms with Crippen molar-refractivity contribution < 1.29 is 18.8 Å². The van der Waals surface area contributed by atoms with Gasteiger partial charge >= 0.3 is 0 Å². The maximum absolute atomic E-state index is 13.6. The molecule has 1 saturated heterocycles. The number of carbonyl (C=O) groups excluding carboxylic acids is 1. The van der Waals surface area contributed by atoms with Crippen molar-refractivity contribution in [2.24, 2.45) is 5.92 Å². The van der Waals surface area contributed by atoms with Gasteiger partial charge < -0.3 is 23.8 Å². The fourth-order valence-electron chi connectivity index (χ4n) is 4.48. The van der Waals surface area contributed by atoms with Crippen molar-refractivity contribution in [3.05, 3.63) is 53.9 Å². The third kappa shape index (κ3) is 5.58. The predicted molar refractivity (Wildman–Crippen MR) is 135 cm³/mol. The Morgan fingerprint density at radius 1 is 1.14 bits per heavy atom. The van der Waals surface area contributed by atoms with Gasteiger partial charge in [-0.25, -0.2) is 0 Å². The highest BCUT2D eigenvalue weighted by Crippen LogP contribution is 2.31. The van der Waals surface area contributed by atoms with Crippen LogP contribution in [0.15, 0.2) is 47.0 Å². The number of piperidine rings is 1. The second-order valence-electron chi connectivity index (χ2n) is 9.26. The van der Waals surface area contributed by atoms with Gasteiger partial charge in [-0.15, -0.1) is 0 Å². The molecule has 2 heterocycles. The van der Waals surface area contributed by atoms with E-state index in [-0.39, 0.29) is 24.4 Å². The van der Waals surface area contributed by atoms with Crippen molar-refractivity contribution in [3.63, 3.8) is 0 Å². The fourth-order valence-corrected chi connectivity index (χ4v) is 4.48. The summed E-state index contributed by atoms with van der Waals surface area (Å²) in [5.41, 5.74) is 3.15. The van der Waals surface area contributed by atoms with Crippen LogP contribution in [0.5, 0.6) is 11.5 Å². The van der Waals surface area contributed by atoms with Gasteiger partial charge in [0, 0.05) is 30.4 Å². The van der Waals surface area contributed by atoms with Crippen LogP contribution in [-0.4, -0.2) is 54.3 Å². The lowest BCUT2D eigenvalue weighted by Gasteiger charge is -2.37. The lowest BCUT2D eigenvalue weighted by molar-refractivity contribution is -0.138. The highest BCUT2D eigenvalue weighted by molar-refractivity contribution is 5.80. The quantitative estimate of drug-likeness (QED) is 0.464. The fraction of sp³-hybridized carbons (Fsp3) is 0.444. The Balaban J connectivity index is 1.47. The molecule has 1 fully saturated rings. The molecule has 8 nitrogen and oxygen atoms in total. The lowest BCUT2D eigenvalue weighted by Crippen LogP contribution is -2.47. The molecular formula is C27H34N4O4. The van der Waals surface area contributed by atoms with E-state index < -0.39 is 0 Å². The van der Waals surface area contributed by atoms with Crippen molar-refractivity contribution in [2.75, 3.05) is 32.2 Å². The van der Waals surface area contributed by atoms with Gasteiger partial charge in [-0.1, -0.05) is 22.9 Å². The highest BCUT2D eigenvalue weighted by atomic mass is 16.5. The Morgan fingerprint density at radius 2 is 1.89 bits per heavy atom. The number of nitrogens with zero attached hydrogens (tertiary/aromatic N) is 4. The second-order valence-corrected chi connectivity index (χ2v) is 9.26. The Kier molecular flexibility index (Phi) is 7.58. The van der Waals surface area contributed by atoms with Crippen molar-refractivity contribution in [3.8, 4) is 22.9 Å². The minimum absolute atomic E-state index is 0.00804. The van der Waals surface area contributed by atoms with Crippen LogP contribution in [0.2, 0.25) is 0 Å². The molecule has 1 atom stereocenters. The minimum Gasteiger partial charge on any atom is -0.493 e. The summed E-state index contributed by atoms with van der Waals surface area (Å²) in [6.45, 7) is 8.08. The Bertz CT molecular complexity index is 1140. The van der Waals surface area contributed by atoms with Crippen LogP contribution in [0.25, 0.3) is 11.4 Å². The van der Waals surface area contributed by atoms with E-state index in [0.717, 1.165) is 24.9 Å². The van der Waals surface area contributed by atoms with Crippen molar-refractivity contribution in [1.29, 1.82) is 0 Å². The van der Waals surface area contributed by atoms with E-state index in [9.17, 15) is 4.79 Å². The van der Waals surface area contributed by atoms with Crippen molar-refractivity contribution in [2.45, 2.75) is 46.2 Å². The van der Waals surface area contributed by atoms with E-state index in [1.165, 1.54) is 11.3 Å². The van der Waals surface area contributed by atoms with Gasteiger partial charge in [-0.05, 0) is 63.9 Å². The summed E-state index contributed by atoms with van der Waals surface area (Å²) in [7, 11) is 3.18. The molecule has 0 unspecified atom stereocenters. The normalized spacial score (nSPS) is 15.8. The molecule has 4 rings (SSSR count). The molecule has 35 heavy (non-hydrogen) atoms. The number of hydrogen-bond acceptors (Lipinski definition) is 7. The molecule has 8 heteroatoms. The summed E-state index contributed by atoms with van der Waals surface area (Å²) in [6, 6.07) is 14.0. The van der Waals surface area contributed by atoms with Gasteiger partial charge in [0.15, 0.2) is 11.5 Å². The van der Waals surface area contributed by atoms with Crippen LogP contribution >= 0.6 is 0 Å². The molecule has 0 aliphatic carbocycles. The van der Waals surface area contributed by atoms with Crippen LogP contribution in [0.1, 0.15) is 38.1 Å². The van der Waals surface area contributed by atoms with Gasteiger partial charge in [0.05, 0.1) is 20.1 Å². The first-order valence-corrected chi connectivity index (χ1v) is 12.1. The van der Waals surface area contributed by atoms with E-state index in [1.807, 2.05) is 24.8 Å². The Hall–Kier alpha value is -3.55. The number of anilines is 1. The number of aromatic nitrogens is 2. The van der Waals surface area contributed by atoms with Gasteiger partial charge in [0.25, 0.3) is 0 Å². The summed E-state index contributed by atoms with van der Waals surface area (Å²) in [6.07, 6.45) is 1.87. The monoisotopic (exact) mass is 478 g/mol. The number of carbonyl (C=O) groups is 1. The predicted octanol–water partition coefficient (Wildman–Crippen LogP) is 4.72. The zero-order chi connectivity index (χ0) is 24.9. The average molecular weight is 479 g/mol. The SMILES string of the molecule is COc1ccc(-c2noc(CN(C(=O)[C@H]3CCCN(c4ccc(C)cc4)C3)C(C)C)n2)cc1OC. The molecule has 0 bridgehead atoms. The van der Waals surface area contributed by atoms with Gasteiger partial charge in [0.1, 0.15) is 6.54 Å².